The van der Waals surface area contributed by atoms with Crippen molar-refractivity contribution < 1.29 is 0 Å². The van der Waals surface area contributed by atoms with Gasteiger partial charge in [0.15, 0.2) is 0 Å². The summed E-state index contributed by atoms with van der Waals surface area (Å²) in [5.41, 5.74) is 0. The summed E-state index contributed by atoms with van der Waals surface area (Å²) in [7, 11) is 0. The van der Waals surface area contributed by atoms with Crippen molar-refractivity contribution in [3.8, 4) is 0 Å². The Balaban J connectivity index is 0.000000461. The molecule has 1 aromatic carbocycles. The molecule has 2 aromatic rings. The molecule has 0 N–H and O–H groups in total. The first-order chi connectivity index (χ1) is 6.68. The van der Waals surface area contributed by atoms with Crippen LogP contribution in [0.5, 0.6) is 0 Å². The van der Waals surface area contributed by atoms with Gasteiger partial charge in [-0.25, -0.2) is 0 Å². The normalized spacial score (nSPS) is 9.79. The zero-order valence-electron chi connectivity index (χ0n) is 7.77. The van der Waals surface area contributed by atoms with Crippen LogP contribution in [0.15, 0.2) is 30.9 Å². The van der Waals surface area contributed by atoms with E-state index in [4.69, 9.17) is 0 Å². The number of halogens is 3. The Hall–Kier alpha value is 0.620. The van der Waals surface area contributed by atoms with Gasteiger partial charge in [-0.2, -0.15) is 0 Å². The summed E-state index contributed by atoms with van der Waals surface area (Å²) in [6, 6.07) is 6.27. The highest BCUT2D eigenvalue weighted by Gasteiger charge is 2.06. The first kappa shape index (κ1) is 12.7. The average molecular weight is 401 g/mol. The van der Waals surface area contributed by atoms with E-state index in [2.05, 4.69) is 59.9 Å². The first-order valence-corrected chi connectivity index (χ1v) is 7.41. The molecule has 0 fully saturated rings. The monoisotopic (exact) mass is 398 g/mol. The second kappa shape index (κ2) is 5.64. The Morgan fingerprint density at radius 3 is 2.36 bits per heavy atom. The van der Waals surface area contributed by atoms with Crippen molar-refractivity contribution in [3.63, 3.8) is 0 Å². The molecule has 0 amide bonds. The van der Waals surface area contributed by atoms with Gasteiger partial charge in [-0.1, -0.05) is 35.8 Å². The molecule has 0 saturated heterocycles. The van der Waals surface area contributed by atoms with Gasteiger partial charge in [-0.3, -0.25) is 0 Å². The van der Waals surface area contributed by atoms with E-state index < -0.39 is 0 Å². The van der Waals surface area contributed by atoms with Crippen molar-refractivity contribution in [1.29, 1.82) is 0 Å². The van der Waals surface area contributed by atoms with E-state index in [1.807, 2.05) is 19.9 Å². The fourth-order valence-corrected chi connectivity index (χ4v) is 3.84. The molecule has 14 heavy (non-hydrogen) atoms. The van der Waals surface area contributed by atoms with Gasteiger partial charge in [0.25, 0.3) is 0 Å². The zero-order chi connectivity index (χ0) is 10.7. The number of fused-ring (bicyclic) bond motifs is 1. The lowest BCUT2D eigenvalue weighted by Crippen LogP contribution is -1.64. The lowest BCUT2D eigenvalue weighted by Gasteiger charge is -1.90. The van der Waals surface area contributed by atoms with E-state index in [0.717, 1.165) is 12.7 Å². The Morgan fingerprint density at radius 2 is 1.71 bits per heavy atom. The van der Waals surface area contributed by atoms with E-state index in [-0.39, 0.29) is 0 Å². The molecule has 0 aliphatic heterocycles. The molecule has 0 aliphatic rings. The predicted octanol–water partition coefficient (Wildman–Crippen LogP) is 6.22. The number of benzene rings is 1. The standard InChI is InChI=1S/C8H3Br3S.C2H6/c9-4-1-2-5-6(3-4)12-8(11)7(5)10;1-2/h1-3H;1-2H3. The van der Waals surface area contributed by atoms with Gasteiger partial charge in [0.2, 0.25) is 0 Å². The van der Waals surface area contributed by atoms with Crippen LogP contribution in [0.25, 0.3) is 10.1 Å². The van der Waals surface area contributed by atoms with Crippen molar-refractivity contribution in [2.75, 3.05) is 0 Å². The largest absolute Gasteiger partial charge is 0.127 e. The van der Waals surface area contributed by atoms with Gasteiger partial charge in [0.1, 0.15) is 0 Å². The van der Waals surface area contributed by atoms with Crippen molar-refractivity contribution in [2.45, 2.75) is 13.8 Å². The van der Waals surface area contributed by atoms with Crippen LogP contribution in [0.2, 0.25) is 0 Å². The Kier molecular flexibility index (Phi) is 5.11. The molecule has 0 radical (unpaired) electrons. The van der Waals surface area contributed by atoms with E-state index in [9.17, 15) is 0 Å². The highest BCUT2D eigenvalue weighted by atomic mass is 79.9. The van der Waals surface area contributed by atoms with Crippen LogP contribution in [0.4, 0.5) is 0 Å². The Bertz CT molecular complexity index is 434. The average Bonchev–Trinajstić information content (AvgIpc) is 2.45. The smallest absolute Gasteiger partial charge is 0.0853 e. The highest BCUT2D eigenvalue weighted by Crippen LogP contribution is 2.40. The number of thiophene rings is 1. The molecular weight excluding hydrogens is 392 g/mol. The van der Waals surface area contributed by atoms with Crippen molar-refractivity contribution in [2.24, 2.45) is 0 Å². The molecule has 0 spiro atoms. The summed E-state index contributed by atoms with van der Waals surface area (Å²) in [5, 5.41) is 1.26. The molecule has 0 nitrogen and oxygen atoms in total. The summed E-state index contributed by atoms with van der Waals surface area (Å²) >= 11 is 12.2. The van der Waals surface area contributed by atoms with E-state index >= 15 is 0 Å². The summed E-state index contributed by atoms with van der Waals surface area (Å²) < 4.78 is 4.70. The van der Waals surface area contributed by atoms with Gasteiger partial charge in [0.05, 0.1) is 8.26 Å². The summed E-state index contributed by atoms with van der Waals surface area (Å²) in [5.74, 6) is 0. The third kappa shape index (κ3) is 2.60. The van der Waals surface area contributed by atoms with Gasteiger partial charge >= 0.3 is 0 Å². The maximum Gasteiger partial charge on any atom is 0.0853 e. The quantitative estimate of drug-likeness (QED) is 0.492. The molecule has 76 valence electrons. The molecule has 2 rings (SSSR count). The Labute approximate surface area is 113 Å². The van der Waals surface area contributed by atoms with Crippen LogP contribution in [0.1, 0.15) is 13.8 Å². The predicted molar refractivity (Wildman–Crippen MR) is 76.3 cm³/mol. The van der Waals surface area contributed by atoms with Crippen LogP contribution in [0, 0.1) is 0 Å². The molecule has 1 aromatic heterocycles. The van der Waals surface area contributed by atoms with Crippen molar-refractivity contribution >= 4 is 69.2 Å². The SMILES string of the molecule is Brc1ccc2c(Br)c(Br)sc2c1.CC. The molecule has 0 atom stereocenters. The van der Waals surface area contributed by atoms with Gasteiger partial charge in [-0.15, -0.1) is 11.3 Å². The summed E-state index contributed by atoms with van der Waals surface area (Å²) in [6.07, 6.45) is 0. The van der Waals surface area contributed by atoms with Crippen molar-refractivity contribution in [3.05, 3.63) is 30.9 Å². The van der Waals surface area contributed by atoms with Crippen LogP contribution >= 0.6 is 59.1 Å². The second-order valence-electron chi connectivity index (χ2n) is 2.33. The van der Waals surface area contributed by atoms with Crippen LogP contribution < -0.4 is 0 Å². The lowest BCUT2D eigenvalue weighted by atomic mass is 10.3. The molecular formula is C10H9Br3S. The molecule has 0 aliphatic carbocycles. The third-order valence-electron chi connectivity index (χ3n) is 1.55. The molecule has 0 bridgehead atoms. The highest BCUT2D eigenvalue weighted by molar-refractivity contribution is 9.13. The fourth-order valence-electron chi connectivity index (χ4n) is 1.01. The maximum atomic E-state index is 3.52. The van der Waals surface area contributed by atoms with E-state index in [0.29, 0.717) is 0 Å². The summed E-state index contributed by atoms with van der Waals surface area (Å²) in [4.78, 5) is 0. The minimum atomic E-state index is 1.12. The molecule has 4 heteroatoms. The van der Waals surface area contributed by atoms with Crippen LogP contribution in [-0.4, -0.2) is 0 Å². The second-order valence-corrected chi connectivity index (χ2v) is 6.41. The number of hydrogen-bond donors (Lipinski definition) is 0. The third-order valence-corrected chi connectivity index (χ3v) is 5.49. The van der Waals surface area contributed by atoms with Gasteiger partial charge in [-0.05, 0) is 44.0 Å². The van der Waals surface area contributed by atoms with Crippen LogP contribution in [0.3, 0.4) is 0 Å². The Morgan fingerprint density at radius 1 is 1.07 bits per heavy atom. The number of rotatable bonds is 0. The number of hydrogen-bond acceptors (Lipinski definition) is 1. The molecule has 0 unspecified atom stereocenters. The van der Waals surface area contributed by atoms with Crippen molar-refractivity contribution in [1.82, 2.24) is 0 Å². The first-order valence-electron chi connectivity index (χ1n) is 4.21. The van der Waals surface area contributed by atoms with Gasteiger partial charge < -0.3 is 0 Å². The van der Waals surface area contributed by atoms with Crippen LogP contribution in [-0.2, 0) is 0 Å². The zero-order valence-corrected chi connectivity index (χ0v) is 13.3. The lowest BCUT2D eigenvalue weighted by molar-refractivity contribution is 1.50. The summed E-state index contributed by atoms with van der Waals surface area (Å²) in [6.45, 7) is 4.00. The molecule has 0 saturated carbocycles. The van der Waals surface area contributed by atoms with Gasteiger partial charge in [0, 0.05) is 14.6 Å². The van der Waals surface area contributed by atoms with E-state index in [1.165, 1.54) is 10.1 Å². The topological polar surface area (TPSA) is 0 Å². The van der Waals surface area contributed by atoms with E-state index in [1.54, 1.807) is 11.3 Å². The minimum absolute atomic E-state index is 1.12. The minimum Gasteiger partial charge on any atom is -0.127 e. The molecule has 1 heterocycles. The maximum absolute atomic E-state index is 3.52. The fraction of sp³-hybridized carbons (Fsp3) is 0.200.